The number of thiol groups is 1. The van der Waals surface area contributed by atoms with E-state index in [-0.39, 0.29) is 11.3 Å². The Kier molecular flexibility index (Phi) is 4.02. The van der Waals surface area contributed by atoms with Gasteiger partial charge in [-0.2, -0.15) is 0 Å². The molecule has 2 atom stereocenters. The standard InChI is InChI=1S/C14H22ClNOS/c1-4-18(17,5-2)14-8-11-6-7-12(15)9-13(11)16-10(14)3/h6-7,9-10,14,16,18H,4-5,8H2,1-3H3/t10-,14-/m1/s1. The van der Waals surface area contributed by atoms with E-state index in [9.17, 15) is 4.21 Å². The maximum Gasteiger partial charge on any atom is 0.0426 e. The van der Waals surface area contributed by atoms with E-state index in [1.807, 2.05) is 26.0 Å². The van der Waals surface area contributed by atoms with Gasteiger partial charge in [-0.25, -0.2) is 0 Å². The molecule has 0 aromatic heterocycles. The summed E-state index contributed by atoms with van der Waals surface area (Å²) >= 11 is 6.01. The Morgan fingerprint density at radius 1 is 1.39 bits per heavy atom. The number of benzene rings is 1. The van der Waals surface area contributed by atoms with Crippen LogP contribution in [0.15, 0.2) is 18.2 Å². The monoisotopic (exact) mass is 287 g/mol. The Bertz CT molecular complexity index is 481. The van der Waals surface area contributed by atoms with Gasteiger partial charge in [-0.05, 0) is 42.5 Å². The number of hydrogen-bond acceptors (Lipinski definition) is 2. The maximum atomic E-state index is 12.9. The molecule has 18 heavy (non-hydrogen) atoms. The van der Waals surface area contributed by atoms with Crippen molar-refractivity contribution in [3.63, 3.8) is 0 Å². The van der Waals surface area contributed by atoms with Crippen molar-refractivity contribution in [2.45, 2.75) is 38.5 Å². The van der Waals surface area contributed by atoms with E-state index in [1.54, 1.807) is 0 Å². The smallest absolute Gasteiger partial charge is 0.0426 e. The van der Waals surface area contributed by atoms with Crippen molar-refractivity contribution in [3.8, 4) is 0 Å². The van der Waals surface area contributed by atoms with Gasteiger partial charge in [0.2, 0.25) is 0 Å². The van der Waals surface area contributed by atoms with Crippen LogP contribution < -0.4 is 5.32 Å². The van der Waals surface area contributed by atoms with Gasteiger partial charge in [-0.3, -0.25) is 4.21 Å². The minimum absolute atomic E-state index is 0.251. The number of hydrogen-bond donors (Lipinski definition) is 2. The zero-order chi connectivity index (χ0) is 13.3. The summed E-state index contributed by atoms with van der Waals surface area (Å²) < 4.78 is 12.9. The number of rotatable bonds is 3. The average molecular weight is 288 g/mol. The van der Waals surface area contributed by atoms with Crippen LogP contribution in [0.2, 0.25) is 5.02 Å². The lowest BCUT2D eigenvalue weighted by atomic mass is 9.98. The van der Waals surface area contributed by atoms with Gasteiger partial charge in [0, 0.05) is 22.0 Å². The second-order valence-electron chi connectivity index (χ2n) is 5.09. The van der Waals surface area contributed by atoms with E-state index in [0.717, 1.165) is 28.6 Å². The Balaban J connectivity index is 2.34. The van der Waals surface area contributed by atoms with Crippen molar-refractivity contribution in [2.24, 2.45) is 0 Å². The van der Waals surface area contributed by atoms with Crippen LogP contribution in [0.25, 0.3) is 0 Å². The lowest BCUT2D eigenvalue weighted by Crippen LogP contribution is -2.47. The highest BCUT2D eigenvalue weighted by Gasteiger charge is 2.33. The zero-order valence-electron chi connectivity index (χ0n) is 11.2. The summed E-state index contributed by atoms with van der Waals surface area (Å²) in [5, 5.41) is 4.47. The molecule has 2 rings (SSSR count). The van der Waals surface area contributed by atoms with Crippen molar-refractivity contribution in [1.82, 2.24) is 0 Å². The molecule has 0 saturated carbocycles. The summed E-state index contributed by atoms with van der Waals surface area (Å²) in [5.74, 6) is 1.59. The normalized spacial score (nSPS) is 24.2. The number of fused-ring (bicyclic) bond motifs is 1. The van der Waals surface area contributed by atoms with Gasteiger partial charge < -0.3 is 5.32 Å². The van der Waals surface area contributed by atoms with E-state index >= 15 is 0 Å². The van der Waals surface area contributed by atoms with Crippen molar-refractivity contribution in [1.29, 1.82) is 0 Å². The van der Waals surface area contributed by atoms with Crippen LogP contribution in [0, 0.1) is 0 Å². The van der Waals surface area contributed by atoms with E-state index in [4.69, 9.17) is 11.6 Å². The minimum Gasteiger partial charge on any atom is -0.381 e. The van der Waals surface area contributed by atoms with Crippen LogP contribution in [0.4, 0.5) is 5.69 Å². The number of anilines is 1. The predicted molar refractivity (Wildman–Crippen MR) is 82.6 cm³/mol. The third kappa shape index (κ3) is 2.43. The molecule has 2 nitrogen and oxygen atoms in total. The second kappa shape index (κ2) is 5.22. The first-order chi connectivity index (χ1) is 8.50. The van der Waals surface area contributed by atoms with Crippen LogP contribution in [0.5, 0.6) is 0 Å². The fourth-order valence-electron chi connectivity index (χ4n) is 2.87. The fraction of sp³-hybridized carbons (Fsp3) is 0.571. The van der Waals surface area contributed by atoms with Crippen LogP contribution in [0.1, 0.15) is 26.3 Å². The molecular weight excluding hydrogens is 266 g/mol. The lowest BCUT2D eigenvalue weighted by molar-refractivity contribution is 0.621. The minimum atomic E-state index is -2.08. The molecule has 102 valence electrons. The molecule has 0 spiro atoms. The van der Waals surface area contributed by atoms with Crippen LogP contribution in [-0.4, -0.2) is 27.0 Å². The van der Waals surface area contributed by atoms with Gasteiger partial charge in [0.05, 0.1) is 0 Å². The molecule has 1 aliphatic heterocycles. The Morgan fingerprint density at radius 2 is 2.06 bits per heavy atom. The molecule has 0 amide bonds. The third-order valence-electron chi connectivity index (χ3n) is 4.14. The molecule has 1 heterocycles. The molecule has 1 aliphatic rings. The first kappa shape index (κ1) is 13.9. The summed E-state index contributed by atoms with van der Waals surface area (Å²) in [5.41, 5.74) is 2.34. The largest absolute Gasteiger partial charge is 0.381 e. The van der Waals surface area contributed by atoms with Crippen molar-refractivity contribution < 1.29 is 4.21 Å². The molecule has 4 heteroatoms. The first-order valence-corrected chi connectivity index (χ1v) is 9.15. The first-order valence-electron chi connectivity index (χ1n) is 6.63. The average Bonchev–Trinajstić information content (AvgIpc) is 2.37. The Morgan fingerprint density at radius 3 is 2.67 bits per heavy atom. The van der Waals surface area contributed by atoms with Gasteiger partial charge in [0.1, 0.15) is 0 Å². The lowest BCUT2D eigenvalue weighted by Gasteiger charge is -2.40. The van der Waals surface area contributed by atoms with Gasteiger partial charge in [-0.1, -0.05) is 41.4 Å². The fourth-order valence-corrected chi connectivity index (χ4v) is 5.85. The summed E-state index contributed by atoms with van der Waals surface area (Å²) in [6, 6.07) is 6.19. The van der Waals surface area contributed by atoms with Gasteiger partial charge in [0.15, 0.2) is 0 Å². The quantitative estimate of drug-likeness (QED) is 0.837. The SMILES string of the molecule is CC[SH](=O)(CC)[C@@H]1Cc2ccc(Cl)cc2N[C@@H]1C. The molecule has 0 fully saturated rings. The molecule has 0 saturated heterocycles. The second-order valence-corrected chi connectivity index (χ2v) is 9.36. The molecule has 0 radical (unpaired) electrons. The van der Waals surface area contributed by atoms with Crippen LogP contribution in [0.3, 0.4) is 0 Å². The number of halogens is 1. The van der Waals surface area contributed by atoms with E-state index in [0.29, 0.717) is 0 Å². The molecule has 0 aliphatic carbocycles. The van der Waals surface area contributed by atoms with Gasteiger partial charge in [-0.15, -0.1) is 0 Å². The van der Waals surface area contributed by atoms with Crippen molar-refractivity contribution in [2.75, 3.05) is 16.8 Å². The third-order valence-corrected chi connectivity index (χ3v) is 8.35. The molecule has 0 unspecified atom stereocenters. The molecule has 1 aromatic carbocycles. The highest BCUT2D eigenvalue weighted by Crippen LogP contribution is 2.33. The van der Waals surface area contributed by atoms with Crippen molar-refractivity contribution in [3.05, 3.63) is 28.8 Å². The summed E-state index contributed by atoms with van der Waals surface area (Å²) in [4.78, 5) is 0. The van der Waals surface area contributed by atoms with E-state index in [2.05, 4.69) is 18.3 Å². The van der Waals surface area contributed by atoms with E-state index in [1.165, 1.54) is 5.56 Å². The molecule has 1 aromatic rings. The van der Waals surface area contributed by atoms with Crippen molar-refractivity contribution >= 4 is 27.2 Å². The Labute approximate surface area is 116 Å². The summed E-state index contributed by atoms with van der Waals surface area (Å²) in [6.07, 6.45) is 0.902. The summed E-state index contributed by atoms with van der Waals surface area (Å²) in [6.45, 7) is 6.23. The predicted octanol–water partition coefficient (Wildman–Crippen LogP) is 3.12. The maximum absolute atomic E-state index is 12.9. The van der Waals surface area contributed by atoms with Gasteiger partial charge in [0.25, 0.3) is 0 Å². The zero-order valence-corrected chi connectivity index (χ0v) is 12.9. The highest BCUT2D eigenvalue weighted by molar-refractivity contribution is 8.03. The highest BCUT2D eigenvalue weighted by atomic mass is 35.5. The summed E-state index contributed by atoms with van der Waals surface area (Å²) in [7, 11) is -2.08. The number of nitrogens with one attached hydrogen (secondary N) is 1. The van der Waals surface area contributed by atoms with E-state index < -0.39 is 9.93 Å². The topological polar surface area (TPSA) is 29.1 Å². The van der Waals surface area contributed by atoms with Crippen LogP contribution in [-0.2, 0) is 16.4 Å². The van der Waals surface area contributed by atoms with Gasteiger partial charge >= 0.3 is 0 Å². The molecule has 1 N–H and O–H groups in total. The Hall–Kier alpha value is -0.540. The molecular formula is C14H22ClNOS. The molecule has 0 bridgehead atoms. The van der Waals surface area contributed by atoms with Crippen LogP contribution >= 0.6 is 11.6 Å².